The van der Waals surface area contributed by atoms with Gasteiger partial charge in [-0.1, -0.05) is 17.7 Å². The molecule has 1 amide bonds. The number of carbonyl (C=O) groups excluding carboxylic acids is 1. The fourth-order valence-corrected chi connectivity index (χ4v) is 2.40. The molecule has 20 heavy (non-hydrogen) atoms. The summed E-state index contributed by atoms with van der Waals surface area (Å²) in [7, 11) is 0. The first-order chi connectivity index (χ1) is 9.65. The first kappa shape index (κ1) is 15.3. The van der Waals surface area contributed by atoms with Crippen molar-refractivity contribution in [3.05, 3.63) is 34.9 Å². The molecule has 1 N–H and O–H groups in total. The van der Waals surface area contributed by atoms with Crippen molar-refractivity contribution in [1.29, 1.82) is 0 Å². The zero-order valence-corrected chi connectivity index (χ0v) is 12.5. The summed E-state index contributed by atoms with van der Waals surface area (Å²) in [6.45, 7) is 6.60. The van der Waals surface area contributed by atoms with Gasteiger partial charge in [0.2, 0.25) is 0 Å². The van der Waals surface area contributed by atoms with Gasteiger partial charge in [0, 0.05) is 36.3 Å². The molecule has 1 unspecified atom stereocenters. The second kappa shape index (κ2) is 7.62. The van der Waals surface area contributed by atoms with E-state index in [0.29, 0.717) is 10.6 Å². The van der Waals surface area contributed by atoms with Crippen molar-refractivity contribution in [3.8, 4) is 0 Å². The number of morpholine rings is 1. The molecule has 1 saturated heterocycles. The Balaban J connectivity index is 1.76. The molecule has 0 saturated carbocycles. The van der Waals surface area contributed by atoms with E-state index < -0.39 is 0 Å². The maximum absolute atomic E-state index is 12.1. The van der Waals surface area contributed by atoms with Crippen LogP contribution in [0.5, 0.6) is 0 Å². The van der Waals surface area contributed by atoms with Gasteiger partial charge >= 0.3 is 0 Å². The summed E-state index contributed by atoms with van der Waals surface area (Å²) in [4.78, 5) is 14.4. The Kier molecular flexibility index (Phi) is 5.83. The minimum Gasteiger partial charge on any atom is -0.379 e. The van der Waals surface area contributed by atoms with Gasteiger partial charge in [0.25, 0.3) is 5.91 Å². The number of amides is 1. The Labute approximate surface area is 125 Å². The lowest BCUT2D eigenvalue weighted by Crippen LogP contribution is -2.40. The van der Waals surface area contributed by atoms with Crippen LogP contribution in [0.4, 0.5) is 0 Å². The standard InChI is InChI=1S/C15H21ClN2O2/c1-12(5-6-18-7-9-20-10-8-18)17-15(19)13-3-2-4-14(16)11-13/h2-4,11-12H,5-10H2,1H3,(H,17,19). The summed E-state index contributed by atoms with van der Waals surface area (Å²) in [6.07, 6.45) is 0.937. The largest absolute Gasteiger partial charge is 0.379 e. The Morgan fingerprint density at radius 2 is 2.20 bits per heavy atom. The minimum atomic E-state index is -0.0676. The highest BCUT2D eigenvalue weighted by molar-refractivity contribution is 6.30. The molecule has 1 aliphatic rings. The average molecular weight is 297 g/mol. The van der Waals surface area contributed by atoms with Crippen LogP contribution < -0.4 is 5.32 Å². The highest BCUT2D eigenvalue weighted by atomic mass is 35.5. The maximum atomic E-state index is 12.1. The van der Waals surface area contributed by atoms with E-state index in [1.54, 1.807) is 24.3 Å². The molecule has 1 aromatic rings. The van der Waals surface area contributed by atoms with Crippen LogP contribution in [0.25, 0.3) is 0 Å². The molecule has 1 heterocycles. The van der Waals surface area contributed by atoms with E-state index in [2.05, 4.69) is 10.2 Å². The second-order valence-electron chi connectivity index (χ2n) is 5.13. The molecular formula is C15H21ClN2O2. The molecule has 0 bridgehead atoms. The normalized spacial score (nSPS) is 17.7. The molecule has 4 nitrogen and oxygen atoms in total. The van der Waals surface area contributed by atoms with Gasteiger partial charge in [0.05, 0.1) is 13.2 Å². The van der Waals surface area contributed by atoms with Gasteiger partial charge in [-0.3, -0.25) is 9.69 Å². The zero-order chi connectivity index (χ0) is 14.4. The quantitative estimate of drug-likeness (QED) is 0.905. The van der Waals surface area contributed by atoms with Crippen molar-refractivity contribution in [2.45, 2.75) is 19.4 Å². The lowest BCUT2D eigenvalue weighted by molar-refractivity contribution is 0.0363. The van der Waals surface area contributed by atoms with Gasteiger partial charge in [-0.2, -0.15) is 0 Å². The van der Waals surface area contributed by atoms with E-state index in [1.807, 2.05) is 6.92 Å². The highest BCUT2D eigenvalue weighted by Crippen LogP contribution is 2.11. The fraction of sp³-hybridized carbons (Fsp3) is 0.533. The summed E-state index contributed by atoms with van der Waals surface area (Å²) >= 11 is 5.89. The molecule has 5 heteroatoms. The first-order valence-electron chi connectivity index (χ1n) is 7.01. The first-order valence-corrected chi connectivity index (χ1v) is 7.39. The third-order valence-electron chi connectivity index (χ3n) is 3.45. The van der Waals surface area contributed by atoms with Gasteiger partial charge in [-0.25, -0.2) is 0 Å². The number of nitrogens with zero attached hydrogens (tertiary/aromatic N) is 1. The monoisotopic (exact) mass is 296 g/mol. The number of rotatable bonds is 5. The number of ether oxygens (including phenoxy) is 1. The predicted molar refractivity (Wildman–Crippen MR) is 80.3 cm³/mol. The van der Waals surface area contributed by atoms with Crippen molar-refractivity contribution in [2.24, 2.45) is 0 Å². The molecule has 0 aromatic heterocycles. The molecule has 1 fully saturated rings. The summed E-state index contributed by atoms with van der Waals surface area (Å²) in [6, 6.07) is 7.15. The zero-order valence-electron chi connectivity index (χ0n) is 11.8. The Bertz CT molecular complexity index is 447. The van der Waals surface area contributed by atoms with Gasteiger partial charge in [0.15, 0.2) is 0 Å². The molecule has 0 radical (unpaired) electrons. The molecule has 1 atom stereocenters. The topological polar surface area (TPSA) is 41.6 Å². The van der Waals surface area contributed by atoms with Crippen LogP contribution in [0.2, 0.25) is 5.02 Å². The third-order valence-corrected chi connectivity index (χ3v) is 3.68. The molecule has 2 rings (SSSR count). The van der Waals surface area contributed by atoms with E-state index in [0.717, 1.165) is 39.3 Å². The minimum absolute atomic E-state index is 0.0676. The van der Waals surface area contributed by atoms with Crippen LogP contribution in [0.3, 0.4) is 0 Å². The fourth-order valence-electron chi connectivity index (χ4n) is 2.21. The molecule has 1 aliphatic heterocycles. The number of halogens is 1. The van der Waals surface area contributed by atoms with Crippen molar-refractivity contribution in [1.82, 2.24) is 10.2 Å². The van der Waals surface area contributed by atoms with Crippen LogP contribution >= 0.6 is 11.6 Å². The number of benzene rings is 1. The lowest BCUT2D eigenvalue weighted by atomic mass is 10.1. The second-order valence-corrected chi connectivity index (χ2v) is 5.56. The average Bonchev–Trinajstić information content (AvgIpc) is 2.46. The summed E-state index contributed by atoms with van der Waals surface area (Å²) < 4.78 is 5.32. The molecular weight excluding hydrogens is 276 g/mol. The molecule has 1 aromatic carbocycles. The molecule has 0 spiro atoms. The summed E-state index contributed by atoms with van der Waals surface area (Å²) in [5.41, 5.74) is 0.607. The van der Waals surface area contributed by atoms with E-state index in [-0.39, 0.29) is 11.9 Å². The van der Waals surface area contributed by atoms with Crippen molar-refractivity contribution < 1.29 is 9.53 Å². The van der Waals surface area contributed by atoms with Gasteiger partial charge in [-0.05, 0) is 31.5 Å². The Hall–Kier alpha value is -1.10. The number of hydrogen-bond acceptors (Lipinski definition) is 3. The van der Waals surface area contributed by atoms with Gasteiger partial charge in [-0.15, -0.1) is 0 Å². The van der Waals surface area contributed by atoms with Crippen molar-refractivity contribution >= 4 is 17.5 Å². The van der Waals surface area contributed by atoms with E-state index in [1.165, 1.54) is 0 Å². The lowest BCUT2D eigenvalue weighted by Gasteiger charge is -2.27. The summed E-state index contributed by atoms with van der Waals surface area (Å²) in [5.74, 6) is -0.0676. The number of hydrogen-bond donors (Lipinski definition) is 1. The van der Waals surface area contributed by atoms with Crippen LogP contribution in [-0.2, 0) is 4.74 Å². The maximum Gasteiger partial charge on any atom is 0.251 e. The number of carbonyl (C=O) groups is 1. The predicted octanol–water partition coefficient (Wildman–Crippen LogP) is 2.18. The third kappa shape index (κ3) is 4.78. The smallest absolute Gasteiger partial charge is 0.251 e. The van der Waals surface area contributed by atoms with E-state index in [4.69, 9.17) is 16.3 Å². The van der Waals surface area contributed by atoms with Crippen molar-refractivity contribution in [2.75, 3.05) is 32.8 Å². The Morgan fingerprint density at radius 3 is 2.90 bits per heavy atom. The van der Waals surface area contributed by atoms with Gasteiger partial charge < -0.3 is 10.1 Å². The van der Waals surface area contributed by atoms with Crippen LogP contribution in [-0.4, -0.2) is 49.7 Å². The van der Waals surface area contributed by atoms with Crippen LogP contribution in [0, 0.1) is 0 Å². The van der Waals surface area contributed by atoms with Crippen LogP contribution in [0.15, 0.2) is 24.3 Å². The molecule has 0 aliphatic carbocycles. The van der Waals surface area contributed by atoms with Crippen LogP contribution in [0.1, 0.15) is 23.7 Å². The Morgan fingerprint density at radius 1 is 1.45 bits per heavy atom. The highest BCUT2D eigenvalue weighted by Gasteiger charge is 2.13. The van der Waals surface area contributed by atoms with Gasteiger partial charge in [0.1, 0.15) is 0 Å². The van der Waals surface area contributed by atoms with E-state index in [9.17, 15) is 4.79 Å². The van der Waals surface area contributed by atoms with E-state index >= 15 is 0 Å². The SMILES string of the molecule is CC(CCN1CCOCC1)NC(=O)c1cccc(Cl)c1. The van der Waals surface area contributed by atoms with Crippen molar-refractivity contribution in [3.63, 3.8) is 0 Å². The number of nitrogens with one attached hydrogen (secondary N) is 1. The summed E-state index contributed by atoms with van der Waals surface area (Å²) in [5, 5.41) is 3.59. The molecule has 110 valence electrons.